The van der Waals surface area contributed by atoms with E-state index in [4.69, 9.17) is 23.2 Å². The van der Waals surface area contributed by atoms with Crippen LogP contribution in [-0.4, -0.2) is 19.6 Å². The lowest BCUT2D eigenvalue weighted by Crippen LogP contribution is -2.05. The van der Waals surface area contributed by atoms with Crippen molar-refractivity contribution in [2.45, 2.75) is 6.92 Å². The maximum Gasteiger partial charge on any atom is 0.333 e. The molecule has 5 heteroatoms. The summed E-state index contributed by atoms with van der Waals surface area (Å²) in [5, 5.41) is 4.02. The van der Waals surface area contributed by atoms with Crippen LogP contribution < -0.4 is 5.32 Å². The van der Waals surface area contributed by atoms with Crippen molar-refractivity contribution in [2.75, 3.05) is 19.0 Å². The SMILES string of the molecule is COC(=O)/C(C)=C/CNc1cccc(Cl)c1Cl. The number of esters is 1. The van der Waals surface area contributed by atoms with E-state index < -0.39 is 0 Å². The van der Waals surface area contributed by atoms with Crippen LogP contribution in [0, 0.1) is 0 Å². The Morgan fingerprint density at radius 2 is 2.18 bits per heavy atom. The van der Waals surface area contributed by atoms with Gasteiger partial charge in [-0.1, -0.05) is 35.3 Å². The molecular formula is C12H13Cl2NO2. The third-order valence-electron chi connectivity index (χ3n) is 2.16. The number of carbonyl (C=O) groups excluding carboxylic acids is 1. The molecule has 3 nitrogen and oxygen atoms in total. The molecule has 0 aliphatic rings. The highest BCUT2D eigenvalue weighted by atomic mass is 35.5. The summed E-state index contributed by atoms with van der Waals surface area (Å²) in [7, 11) is 1.35. The highest BCUT2D eigenvalue weighted by Gasteiger charge is 2.04. The Bertz CT molecular complexity index is 444. The average Bonchev–Trinajstić information content (AvgIpc) is 2.33. The lowest BCUT2D eigenvalue weighted by molar-refractivity contribution is -0.136. The molecule has 0 saturated heterocycles. The van der Waals surface area contributed by atoms with Crippen LogP contribution in [0.4, 0.5) is 5.69 Å². The molecule has 0 bridgehead atoms. The summed E-state index contributed by atoms with van der Waals surface area (Å²) in [6.45, 7) is 2.16. The van der Waals surface area contributed by atoms with E-state index in [2.05, 4.69) is 10.1 Å². The zero-order chi connectivity index (χ0) is 12.8. The normalized spacial score (nSPS) is 11.2. The predicted octanol–water partition coefficient (Wildman–Crippen LogP) is 3.52. The molecule has 17 heavy (non-hydrogen) atoms. The first-order chi connectivity index (χ1) is 8.06. The second-order valence-corrected chi connectivity index (χ2v) is 4.15. The van der Waals surface area contributed by atoms with Crippen LogP contribution in [0.1, 0.15) is 6.92 Å². The fourth-order valence-electron chi connectivity index (χ4n) is 1.20. The van der Waals surface area contributed by atoms with E-state index in [0.29, 0.717) is 22.2 Å². The maximum atomic E-state index is 11.1. The van der Waals surface area contributed by atoms with Crippen molar-refractivity contribution in [3.8, 4) is 0 Å². The topological polar surface area (TPSA) is 38.3 Å². The third-order valence-corrected chi connectivity index (χ3v) is 2.98. The number of nitrogens with one attached hydrogen (secondary N) is 1. The van der Waals surface area contributed by atoms with Crippen LogP contribution in [0.15, 0.2) is 29.8 Å². The zero-order valence-electron chi connectivity index (χ0n) is 9.59. The Kier molecular flexibility index (Phi) is 5.32. The Labute approximate surface area is 110 Å². The zero-order valence-corrected chi connectivity index (χ0v) is 11.1. The van der Waals surface area contributed by atoms with Gasteiger partial charge in [0.25, 0.3) is 0 Å². The number of anilines is 1. The van der Waals surface area contributed by atoms with Gasteiger partial charge < -0.3 is 10.1 Å². The summed E-state index contributed by atoms with van der Waals surface area (Å²) in [5.74, 6) is -0.344. The molecule has 0 spiro atoms. The monoisotopic (exact) mass is 273 g/mol. The third kappa shape index (κ3) is 3.95. The Balaban J connectivity index is 2.63. The minimum Gasteiger partial charge on any atom is -0.466 e. The van der Waals surface area contributed by atoms with Gasteiger partial charge in [0, 0.05) is 12.1 Å². The van der Waals surface area contributed by atoms with Crippen LogP contribution in [0.25, 0.3) is 0 Å². The lowest BCUT2D eigenvalue weighted by atomic mass is 10.2. The second-order valence-electron chi connectivity index (χ2n) is 3.36. The van der Waals surface area contributed by atoms with Gasteiger partial charge in [0.1, 0.15) is 0 Å². The number of benzene rings is 1. The van der Waals surface area contributed by atoms with E-state index in [1.54, 1.807) is 25.1 Å². The quantitative estimate of drug-likeness (QED) is 0.674. The number of methoxy groups -OCH3 is 1. The van der Waals surface area contributed by atoms with Gasteiger partial charge in [-0.05, 0) is 19.1 Å². The first kappa shape index (κ1) is 13.9. The fraction of sp³-hybridized carbons (Fsp3) is 0.250. The van der Waals surface area contributed by atoms with E-state index in [1.165, 1.54) is 7.11 Å². The number of halogens is 2. The van der Waals surface area contributed by atoms with Crippen molar-refractivity contribution in [1.29, 1.82) is 0 Å². The van der Waals surface area contributed by atoms with E-state index in [0.717, 1.165) is 5.69 Å². The Hall–Kier alpha value is -1.19. The van der Waals surface area contributed by atoms with Gasteiger partial charge in [0.05, 0.1) is 22.8 Å². The summed E-state index contributed by atoms with van der Waals surface area (Å²) in [4.78, 5) is 11.1. The molecule has 92 valence electrons. The molecule has 0 radical (unpaired) electrons. The molecule has 0 heterocycles. The first-order valence-corrected chi connectivity index (χ1v) is 5.74. The van der Waals surface area contributed by atoms with Crippen molar-refractivity contribution < 1.29 is 9.53 Å². The van der Waals surface area contributed by atoms with Gasteiger partial charge >= 0.3 is 5.97 Å². The molecule has 1 N–H and O–H groups in total. The molecule has 0 aliphatic heterocycles. The van der Waals surface area contributed by atoms with Crippen LogP contribution in [0.2, 0.25) is 10.0 Å². The lowest BCUT2D eigenvalue weighted by Gasteiger charge is -2.07. The molecule has 1 rings (SSSR count). The van der Waals surface area contributed by atoms with Crippen molar-refractivity contribution in [1.82, 2.24) is 0 Å². The van der Waals surface area contributed by atoms with Gasteiger partial charge in [-0.25, -0.2) is 4.79 Å². The fourth-order valence-corrected chi connectivity index (χ4v) is 1.57. The second kappa shape index (κ2) is 6.52. The van der Waals surface area contributed by atoms with E-state index in [1.807, 2.05) is 6.07 Å². The predicted molar refractivity (Wildman–Crippen MR) is 70.7 cm³/mol. The molecule has 0 amide bonds. The van der Waals surface area contributed by atoms with Crippen molar-refractivity contribution in [2.24, 2.45) is 0 Å². The van der Waals surface area contributed by atoms with E-state index >= 15 is 0 Å². The Morgan fingerprint density at radius 3 is 2.82 bits per heavy atom. The number of ether oxygens (including phenoxy) is 1. The minimum atomic E-state index is -0.344. The molecule has 0 aliphatic carbocycles. The average molecular weight is 274 g/mol. The molecule has 0 atom stereocenters. The van der Waals surface area contributed by atoms with Crippen LogP contribution in [0.5, 0.6) is 0 Å². The minimum absolute atomic E-state index is 0.344. The van der Waals surface area contributed by atoms with Gasteiger partial charge in [-0.2, -0.15) is 0 Å². The van der Waals surface area contributed by atoms with E-state index in [9.17, 15) is 4.79 Å². The van der Waals surface area contributed by atoms with Crippen LogP contribution in [-0.2, 0) is 9.53 Å². The first-order valence-electron chi connectivity index (χ1n) is 4.99. The summed E-state index contributed by atoms with van der Waals surface area (Å²) in [6.07, 6.45) is 1.73. The smallest absolute Gasteiger partial charge is 0.333 e. The van der Waals surface area contributed by atoms with Crippen molar-refractivity contribution in [3.63, 3.8) is 0 Å². The standard InChI is InChI=1S/C12H13Cl2NO2/c1-8(12(16)17-2)6-7-15-10-5-3-4-9(13)11(10)14/h3-6,15H,7H2,1-2H3/b8-6+. The molecule has 1 aromatic carbocycles. The Morgan fingerprint density at radius 1 is 1.47 bits per heavy atom. The van der Waals surface area contributed by atoms with Crippen molar-refractivity contribution in [3.05, 3.63) is 39.9 Å². The van der Waals surface area contributed by atoms with E-state index in [-0.39, 0.29) is 5.97 Å². The summed E-state index contributed by atoms with van der Waals surface area (Å²) >= 11 is 11.9. The van der Waals surface area contributed by atoms with Crippen LogP contribution >= 0.6 is 23.2 Å². The number of carbonyl (C=O) groups is 1. The van der Waals surface area contributed by atoms with Crippen molar-refractivity contribution >= 4 is 34.9 Å². The molecule has 0 unspecified atom stereocenters. The largest absolute Gasteiger partial charge is 0.466 e. The highest BCUT2D eigenvalue weighted by Crippen LogP contribution is 2.29. The van der Waals surface area contributed by atoms with Gasteiger partial charge in [0.2, 0.25) is 0 Å². The summed E-state index contributed by atoms with van der Waals surface area (Å²) < 4.78 is 4.58. The maximum absolute atomic E-state index is 11.1. The summed E-state index contributed by atoms with van der Waals surface area (Å²) in [6, 6.07) is 5.33. The van der Waals surface area contributed by atoms with Gasteiger partial charge in [-0.15, -0.1) is 0 Å². The number of hydrogen-bond acceptors (Lipinski definition) is 3. The molecule has 0 saturated carbocycles. The molecular weight excluding hydrogens is 261 g/mol. The van der Waals surface area contributed by atoms with Gasteiger partial charge in [-0.3, -0.25) is 0 Å². The number of hydrogen-bond donors (Lipinski definition) is 1. The molecule has 0 aromatic heterocycles. The molecule has 1 aromatic rings. The molecule has 0 fully saturated rings. The summed E-state index contributed by atoms with van der Waals surface area (Å²) in [5.41, 5.74) is 1.27. The number of rotatable bonds is 4. The highest BCUT2D eigenvalue weighted by molar-refractivity contribution is 6.43. The van der Waals surface area contributed by atoms with Crippen LogP contribution in [0.3, 0.4) is 0 Å². The van der Waals surface area contributed by atoms with Gasteiger partial charge in [0.15, 0.2) is 0 Å².